The van der Waals surface area contributed by atoms with Gasteiger partial charge in [0.15, 0.2) is 0 Å². The van der Waals surface area contributed by atoms with Crippen LogP contribution in [0.3, 0.4) is 0 Å². The van der Waals surface area contributed by atoms with Crippen LogP contribution in [-0.4, -0.2) is 52.1 Å². The van der Waals surface area contributed by atoms with E-state index in [0.29, 0.717) is 0 Å². The van der Waals surface area contributed by atoms with Gasteiger partial charge >= 0.3 is 117 Å². The summed E-state index contributed by atoms with van der Waals surface area (Å²) in [6.07, 6.45) is 0. The van der Waals surface area contributed by atoms with Gasteiger partial charge in [0.2, 0.25) is 0 Å². The fraction of sp³-hybridized carbons (Fsp3) is 0. The van der Waals surface area contributed by atoms with Crippen molar-refractivity contribution < 1.29 is 103 Å². The third kappa shape index (κ3) is 1230000. The zero-order valence-electron chi connectivity index (χ0n) is 12.7. The summed E-state index contributed by atoms with van der Waals surface area (Å²) in [6.45, 7) is 33.2. The Balaban J connectivity index is -0.00000000109. The van der Waals surface area contributed by atoms with Crippen molar-refractivity contribution in [3.63, 3.8) is 0 Å². The van der Waals surface area contributed by atoms with E-state index in [9.17, 15) is 0 Å². The van der Waals surface area contributed by atoms with Gasteiger partial charge in [0.05, 0.1) is 0 Å². The number of rotatable bonds is 0. The Morgan fingerprint density at radius 2 is 0.222 bits per heavy atom. The van der Waals surface area contributed by atoms with Gasteiger partial charge in [-0.1, -0.05) is 0 Å². The molecule has 0 rings (SSSR count). The summed E-state index contributed by atoms with van der Waals surface area (Å²) in [5.41, 5.74) is 0. The predicted molar refractivity (Wildman–Crippen MR) is 56.8 cm³/mol. The van der Waals surface area contributed by atoms with E-state index in [1.165, 1.54) is 0 Å². The van der Waals surface area contributed by atoms with E-state index in [1.54, 1.807) is 0 Å². The van der Waals surface area contributed by atoms with Crippen LogP contribution in [0.2, 0.25) is 0 Å². The molecule has 0 heterocycles. The first-order valence-corrected chi connectivity index (χ1v) is 1.57. The molecule has 0 aliphatic rings. The van der Waals surface area contributed by atoms with Crippen LogP contribution < -0.4 is 0 Å². The maximum Gasteiger partial charge on any atom is 4.00 e. The monoisotopic (exact) mass is 519 g/mol. The molecule has 0 aliphatic carbocycles. The van der Waals surface area contributed by atoms with Crippen LogP contribution in [-0.2, 0) is 103 Å². The Bertz CT molecular complexity index is 152. The average molecular weight is 519 g/mol. The molecule has 0 unspecified atom stereocenters. The molecule has 14 nitrogen and oxygen atoms in total. The molecule has 27 heavy (non-hydrogen) atoms. The first-order valence-electron chi connectivity index (χ1n) is 1.57. The van der Waals surface area contributed by atoms with Crippen LogP contribution in [0.25, 0.3) is 0 Å². The van der Waals surface area contributed by atoms with Crippen LogP contribution in [0.4, 0.5) is 0 Å². The quantitative estimate of drug-likeness (QED) is 0.274. The molecule has 0 aromatic carbocycles. The summed E-state index contributed by atoms with van der Waals surface area (Å²) in [5.74, 6) is 0. The Morgan fingerprint density at radius 1 is 0.222 bits per heavy atom. The SMILES string of the molecule is [Al+3].[Al+3].[Al+3].[C-]#N.[C-]#N.[C-]#N.[C-]#N.[C-]#N.[C-]#N.[C-]#N.[O-2].[O-2].[O-2].[O-2].[O-2].[O-2].[O-2].[Ti+4].[Ti+4].[Ti+4]. The second-order valence-corrected chi connectivity index (χ2v) is 0. The molecule has 0 atom stereocenters. The number of nitrogens with zero attached hydrogens (tertiary/aromatic N) is 7. The van der Waals surface area contributed by atoms with Crippen LogP contribution in [0, 0.1) is 82.8 Å². The molecule has 0 N–H and O–H groups in total. The van der Waals surface area contributed by atoms with Gasteiger partial charge in [-0.25, -0.2) is 0 Å². The first-order chi connectivity index (χ1) is 7.00. The molecule has 20 heteroatoms. The third-order valence-electron chi connectivity index (χ3n) is 0. The van der Waals surface area contributed by atoms with E-state index in [4.69, 9.17) is 82.8 Å². The maximum atomic E-state index is 6.25. The second-order valence-electron chi connectivity index (χ2n) is 0. The van der Waals surface area contributed by atoms with E-state index >= 15 is 0 Å². The molecule has 0 aromatic rings. The van der Waals surface area contributed by atoms with Crippen molar-refractivity contribution >= 4 is 52.1 Å². The number of hydrogen-bond acceptors (Lipinski definition) is 7. The standard InChI is InChI=1S/7CN.3Al.7O.3Ti/c7*1-2;;;;;;;;;;;;;/q7*-1;3*+3;7*-2;3*+4. The molecule has 0 radical (unpaired) electrons. The third-order valence-corrected chi connectivity index (χ3v) is 0. The first kappa shape index (κ1) is 380. The molecule has 0 aromatic heterocycles. The van der Waals surface area contributed by atoms with Gasteiger partial charge in [0.25, 0.3) is 0 Å². The van der Waals surface area contributed by atoms with Crippen molar-refractivity contribution in [3.8, 4) is 0 Å². The summed E-state index contributed by atoms with van der Waals surface area (Å²) in [5, 5.41) is 43.8. The largest absolute Gasteiger partial charge is 4.00 e. The minimum atomic E-state index is 0. The molecule has 0 fully saturated rings. The van der Waals surface area contributed by atoms with Gasteiger partial charge in [-0.05, 0) is 0 Å². The van der Waals surface area contributed by atoms with E-state index in [1.807, 2.05) is 0 Å². The van der Waals surface area contributed by atoms with Gasteiger partial charge in [0.1, 0.15) is 0 Å². The summed E-state index contributed by atoms with van der Waals surface area (Å²) in [6, 6.07) is 0. The van der Waals surface area contributed by atoms with E-state index in [0.717, 1.165) is 0 Å². The van der Waals surface area contributed by atoms with Crippen molar-refractivity contribution in [2.24, 2.45) is 0 Å². The van der Waals surface area contributed by atoms with Crippen molar-refractivity contribution in [2.45, 2.75) is 0 Å². The van der Waals surface area contributed by atoms with E-state index in [-0.39, 0.29) is 156 Å². The Morgan fingerprint density at radius 3 is 0.222 bits per heavy atom. The fourth-order valence-corrected chi connectivity index (χ4v) is 0. The average Bonchev–Trinajstić information content (AvgIpc) is 2.45. The molecule has 0 bridgehead atoms. The fourth-order valence-electron chi connectivity index (χ4n) is 0. The summed E-state index contributed by atoms with van der Waals surface area (Å²) >= 11 is 0. The summed E-state index contributed by atoms with van der Waals surface area (Å²) in [7, 11) is 0. The zero-order valence-corrected chi connectivity index (χ0v) is 20.9. The van der Waals surface area contributed by atoms with Gasteiger partial charge in [-0.3, -0.25) is 0 Å². The van der Waals surface area contributed by atoms with Crippen LogP contribution in [0.1, 0.15) is 0 Å². The summed E-state index contributed by atoms with van der Waals surface area (Å²) < 4.78 is 0. The van der Waals surface area contributed by atoms with Crippen LogP contribution >= 0.6 is 0 Å². The van der Waals surface area contributed by atoms with Crippen molar-refractivity contribution in [3.05, 3.63) is 46.0 Å². The number of hydrogen-bond donors (Lipinski definition) is 0. The van der Waals surface area contributed by atoms with Crippen molar-refractivity contribution in [1.29, 1.82) is 36.8 Å². The van der Waals surface area contributed by atoms with Gasteiger partial charge in [-0.15, -0.1) is 0 Å². The minimum Gasteiger partial charge on any atom is -2.00 e. The smallest absolute Gasteiger partial charge is 2.00 e. The van der Waals surface area contributed by atoms with Gasteiger partial charge < -0.3 is 121 Å². The topological polar surface area (TPSA) is 366 Å². The molecule has 126 valence electrons. The van der Waals surface area contributed by atoms with Gasteiger partial charge in [-0.2, -0.15) is 0 Å². The van der Waals surface area contributed by atoms with E-state index in [2.05, 4.69) is 0 Å². The zero-order chi connectivity index (χ0) is 14.0. The maximum absolute atomic E-state index is 6.25. The minimum absolute atomic E-state index is 0. The normalized spacial score (nSPS) is 0.519. The molecule has 0 saturated heterocycles. The molecule has 0 aliphatic heterocycles. The Hall–Kier alpha value is -0.110. The molecular weight excluding hydrogens is 519 g/mol. The second kappa shape index (κ2) is 1330000. The van der Waals surface area contributed by atoms with Crippen LogP contribution in [0.15, 0.2) is 0 Å². The van der Waals surface area contributed by atoms with Crippen LogP contribution in [0.5, 0.6) is 0 Å². The molecule has 0 amide bonds. The van der Waals surface area contributed by atoms with Gasteiger partial charge in [0, 0.05) is 0 Å². The van der Waals surface area contributed by atoms with E-state index < -0.39 is 0 Å². The molecule has 0 spiro atoms. The molecular formula is C7Al3N7O7Ti3. The van der Waals surface area contributed by atoms with Crippen molar-refractivity contribution in [2.75, 3.05) is 0 Å². The molecule has 0 saturated carbocycles. The Labute approximate surface area is 236 Å². The van der Waals surface area contributed by atoms with Crippen molar-refractivity contribution in [1.82, 2.24) is 0 Å². The Kier molecular flexibility index (Phi) is 18700000. The summed E-state index contributed by atoms with van der Waals surface area (Å²) in [4.78, 5) is 0. The predicted octanol–water partition coefficient (Wildman–Crippen LogP) is -1.31.